The standard InChI is InChI=1S/C12H21N3O5/c1-3-4-10-11(12(17)18)13-14-15(10)7-9(16)8-20-6-5-19-2/h9,16H,3-8H2,1-2H3,(H,17,18). The van der Waals surface area contributed by atoms with E-state index in [9.17, 15) is 9.90 Å². The number of aromatic nitrogens is 3. The molecule has 0 saturated heterocycles. The Bertz CT molecular complexity index is 421. The number of aliphatic hydroxyl groups excluding tert-OH is 1. The van der Waals surface area contributed by atoms with Crippen LogP contribution in [0.15, 0.2) is 0 Å². The van der Waals surface area contributed by atoms with Gasteiger partial charge in [-0.25, -0.2) is 9.48 Å². The maximum absolute atomic E-state index is 11.0. The fraction of sp³-hybridized carbons (Fsp3) is 0.750. The molecule has 1 unspecified atom stereocenters. The summed E-state index contributed by atoms with van der Waals surface area (Å²) in [5, 5.41) is 26.3. The molecule has 114 valence electrons. The van der Waals surface area contributed by atoms with E-state index in [1.54, 1.807) is 7.11 Å². The highest BCUT2D eigenvalue weighted by Crippen LogP contribution is 2.09. The van der Waals surface area contributed by atoms with Gasteiger partial charge in [0.05, 0.1) is 38.2 Å². The Kier molecular flexibility index (Phi) is 7.13. The lowest BCUT2D eigenvalue weighted by Gasteiger charge is -2.12. The van der Waals surface area contributed by atoms with Gasteiger partial charge in [-0.1, -0.05) is 18.6 Å². The molecule has 1 aromatic heterocycles. The van der Waals surface area contributed by atoms with Crippen LogP contribution >= 0.6 is 0 Å². The minimum absolute atomic E-state index is 0.0562. The topological polar surface area (TPSA) is 107 Å². The molecule has 1 rings (SSSR count). The number of carbonyl (C=O) groups is 1. The molecular formula is C12H21N3O5. The van der Waals surface area contributed by atoms with Gasteiger partial charge in [-0.15, -0.1) is 5.10 Å². The fourth-order valence-electron chi connectivity index (χ4n) is 1.74. The minimum atomic E-state index is -1.11. The van der Waals surface area contributed by atoms with Crippen molar-refractivity contribution in [3.63, 3.8) is 0 Å². The van der Waals surface area contributed by atoms with E-state index in [4.69, 9.17) is 14.6 Å². The number of hydrogen-bond acceptors (Lipinski definition) is 6. The third kappa shape index (κ3) is 4.87. The summed E-state index contributed by atoms with van der Waals surface area (Å²) >= 11 is 0. The third-order valence-electron chi connectivity index (χ3n) is 2.65. The van der Waals surface area contributed by atoms with Gasteiger partial charge in [0.15, 0.2) is 5.69 Å². The van der Waals surface area contributed by atoms with Gasteiger partial charge in [0, 0.05) is 7.11 Å². The zero-order chi connectivity index (χ0) is 15.0. The lowest BCUT2D eigenvalue weighted by atomic mass is 10.2. The Morgan fingerprint density at radius 2 is 2.20 bits per heavy atom. The van der Waals surface area contributed by atoms with Gasteiger partial charge >= 0.3 is 5.97 Å². The van der Waals surface area contributed by atoms with E-state index in [-0.39, 0.29) is 18.8 Å². The van der Waals surface area contributed by atoms with Crippen LogP contribution in [0.2, 0.25) is 0 Å². The van der Waals surface area contributed by atoms with E-state index < -0.39 is 12.1 Å². The predicted octanol–water partition coefficient (Wildman–Crippen LogP) is -0.0473. The summed E-state index contributed by atoms with van der Waals surface area (Å²) in [6, 6.07) is 0. The smallest absolute Gasteiger partial charge is 0.358 e. The number of carboxylic acids is 1. The summed E-state index contributed by atoms with van der Waals surface area (Å²) in [6.45, 7) is 3.08. The van der Waals surface area contributed by atoms with Crippen LogP contribution in [0.4, 0.5) is 0 Å². The molecule has 0 amide bonds. The van der Waals surface area contributed by atoms with Crippen LogP contribution in [-0.2, 0) is 22.4 Å². The van der Waals surface area contributed by atoms with Crippen molar-refractivity contribution in [1.82, 2.24) is 15.0 Å². The first-order valence-electron chi connectivity index (χ1n) is 6.50. The number of aromatic carboxylic acids is 1. The number of hydrogen-bond donors (Lipinski definition) is 2. The Hall–Kier alpha value is -1.51. The molecule has 2 N–H and O–H groups in total. The molecule has 20 heavy (non-hydrogen) atoms. The van der Waals surface area contributed by atoms with Gasteiger partial charge in [0.1, 0.15) is 0 Å². The molecule has 0 aliphatic carbocycles. The number of ether oxygens (including phenoxy) is 2. The molecule has 8 nitrogen and oxygen atoms in total. The molecule has 0 radical (unpaired) electrons. The average Bonchev–Trinajstić information content (AvgIpc) is 2.78. The first-order valence-corrected chi connectivity index (χ1v) is 6.50. The van der Waals surface area contributed by atoms with Crippen molar-refractivity contribution in [2.75, 3.05) is 26.9 Å². The van der Waals surface area contributed by atoms with E-state index in [0.717, 1.165) is 6.42 Å². The lowest BCUT2D eigenvalue weighted by molar-refractivity contribution is 0.00547. The van der Waals surface area contributed by atoms with Crippen molar-refractivity contribution < 1.29 is 24.5 Å². The summed E-state index contributed by atoms with van der Waals surface area (Å²) < 4.78 is 11.5. The average molecular weight is 287 g/mol. The molecule has 1 atom stereocenters. The molecule has 1 heterocycles. The molecule has 0 aliphatic heterocycles. The highest BCUT2D eigenvalue weighted by atomic mass is 16.5. The van der Waals surface area contributed by atoms with Crippen LogP contribution in [0.25, 0.3) is 0 Å². The lowest BCUT2D eigenvalue weighted by Crippen LogP contribution is -2.25. The van der Waals surface area contributed by atoms with Crippen LogP contribution in [0.3, 0.4) is 0 Å². The van der Waals surface area contributed by atoms with Crippen molar-refractivity contribution in [2.45, 2.75) is 32.4 Å². The van der Waals surface area contributed by atoms with Crippen molar-refractivity contribution in [3.8, 4) is 0 Å². The van der Waals surface area contributed by atoms with Crippen LogP contribution in [0, 0.1) is 0 Å². The van der Waals surface area contributed by atoms with Gasteiger partial charge in [-0.2, -0.15) is 0 Å². The molecule has 0 aromatic carbocycles. The van der Waals surface area contributed by atoms with E-state index in [1.807, 2.05) is 6.92 Å². The summed E-state index contributed by atoms with van der Waals surface area (Å²) in [5.74, 6) is -1.11. The van der Waals surface area contributed by atoms with Gasteiger partial charge in [0.2, 0.25) is 0 Å². The second-order valence-corrected chi connectivity index (χ2v) is 4.34. The fourth-order valence-corrected chi connectivity index (χ4v) is 1.74. The molecule has 0 saturated carbocycles. The molecule has 0 aliphatic rings. The molecule has 0 spiro atoms. The summed E-state index contributed by atoms with van der Waals surface area (Å²) in [4.78, 5) is 11.0. The first-order chi connectivity index (χ1) is 9.60. The number of aliphatic hydroxyl groups is 1. The largest absolute Gasteiger partial charge is 0.476 e. The highest BCUT2D eigenvalue weighted by Gasteiger charge is 2.19. The molecule has 0 bridgehead atoms. The van der Waals surface area contributed by atoms with Crippen LogP contribution in [0.1, 0.15) is 29.5 Å². The second-order valence-electron chi connectivity index (χ2n) is 4.34. The zero-order valence-corrected chi connectivity index (χ0v) is 11.8. The Labute approximate surface area is 117 Å². The zero-order valence-electron chi connectivity index (χ0n) is 11.8. The Morgan fingerprint density at radius 3 is 2.80 bits per heavy atom. The van der Waals surface area contributed by atoms with E-state index in [1.165, 1.54) is 4.68 Å². The maximum atomic E-state index is 11.0. The van der Waals surface area contributed by atoms with Gasteiger partial charge < -0.3 is 19.7 Å². The number of rotatable bonds is 10. The number of carboxylic acid groups (broad SMARTS) is 1. The minimum Gasteiger partial charge on any atom is -0.476 e. The molecule has 0 fully saturated rings. The van der Waals surface area contributed by atoms with E-state index in [0.29, 0.717) is 25.3 Å². The van der Waals surface area contributed by atoms with E-state index in [2.05, 4.69) is 10.3 Å². The van der Waals surface area contributed by atoms with Gasteiger partial charge in [-0.3, -0.25) is 0 Å². The van der Waals surface area contributed by atoms with Gasteiger partial charge in [0.25, 0.3) is 0 Å². The van der Waals surface area contributed by atoms with E-state index >= 15 is 0 Å². The van der Waals surface area contributed by atoms with Gasteiger partial charge in [-0.05, 0) is 6.42 Å². The second kappa shape index (κ2) is 8.62. The van der Waals surface area contributed by atoms with Crippen molar-refractivity contribution in [3.05, 3.63) is 11.4 Å². The van der Waals surface area contributed by atoms with Crippen molar-refractivity contribution in [1.29, 1.82) is 0 Å². The Balaban J connectivity index is 2.59. The van der Waals surface area contributed by atoms with Crippen LogP contribution in [0.5, 0.6) is 0 Å². The summed E-state index contributed by atoms with van der Waals surface area (Å²) in [5.41, 5.74) is 0.468. The normalized spacial score (nSPS) is 12.6. The van der Waals surface area contributed by atoms with Crippen LogP contribution < -0.4 is 0 Å². The number of methoxy groups -OCH3 is 1. The highest BCUT2D eigenvalue weighted by molar-refractivity contribution is 5.86. The Morgan fingerprint density at radius 1 is 1.45 bits per heavy atom. The van der Waals surface area contributed by atoms with Crippen molar-refractivity contribution in [2.24, 2.45) is 0 Å². The molecular weight excluding hydrogens is 266 g/mol. The first kappa shape index (κ1) is 16.5. The molecule has 1 aromatic rings. The maximum Gasteiger partial charge on any atom is 0.358 e. The SMILES string of the molecule is CCCc1c(C(=O)O)nnn1CC(O)COCCOC. The molecule has 8 heteroatoms. The van der Waals surface area contributed by atoms with Crippen LogP contribution in [-0.4, -0.2) is 64.2 Å². The monoisotopic (exact) mass is 287 g/mol. The summed E-state index contributed by atoms with van der Waals surface area (Å²) in [6.07, 6.45) is 0.547. The van der Waals surface area contributed by atoms with Crippen molar-refractivity contribution >= 4 is 5.97 Å². The summed E-state index contributed by atoms with van der Waals surface area (Å²) in [7, 11) is 1.57. The quantitative estimate of drug-likeness (QED) is 0.581. The third-order valence-corrected chi connectivity index (χ3v) is 2.65. The number of nitrogens with zero attached hydrogens (tertiary/aromatic N) is 3. The predicted molar refractivity (Wildman–Crippen MR) is 69.7 cm³/mol.